The molecule has 0 radical (unpaired) electrons. The Bertz CT molecular complexity index is 803. The molecule has 0 aliphatic heterocycles. The summed E-state index contributed by atoms with van der Waals surface area (Å²) < 4.78 is 0. The molecule has 1 aromatic heterocycles. The Morgan fingerprint density at radius 2 is 1.85 bits per heavy atom. The summed E-state index contributed by atoms with van der Waals surface area (Å²) in [4.78, 5) is 17.0. The first kappa shape index (κ1) is 13.2. The fourth-order valence-corrected chi connectivity index (χ4v) is 3.22. The van der Waals surface area contributed by atoms with Gasteiger partial charge in [-0.05, 0) is 35.2 Å². The number of hydrogen-bond acceptors (Lipinski definition) is 1. The zero-order chi connectivity index (χ0) is 14.1. The predicted octanol–water partition coefficient (Wildman–Crippen LogP) is 3.90. The normalized spacial score (nSPS) is 12.7. The van der Waals surface area contributed by atoms with Crippen LogP contribution in [-0.4, -0.2) is 9.97 Å². The topological polar surface area (TPSA) is 48.6 Å². The second-order valence-electron chi connectivity index (χ2n) is 4.80. The third kappa shape index (κ3) is 2.31. The number of H-pyrrole nitrogens is 2. The van der Waals surface area contributed by atoms with E-state index >= 15 is 0 Å². The fraction of sp³-hybridized carbons (Fsp3) is 0.188. The molecule has 1 unspecified atom stereocenters. The lowest BCUT2D eigenvalue weighted by Gasteiger charge is -2.14. The van der Waals surface area contributed by atoms with Crippen molar-refractivity contribution in [1.29, 1.82) is 0 Å². The van der Waals surface area contributed by atoms with Crippen molar-refractivity contribution >= 4 is 27.0 Å². The van der Waals surface area contributed by atoms with Crippen LogP contribution < -0.4 is 5.69 Å². The molecule has 3 aromatic rings. The fourth-order valence-electron chi connectivity index (χ4n) is 2.49. The molecule has 2 aromatic carbocycles. The molecule has 0 fully saturated rings. The van der Waals surface area contributed by atoms with E-state index in [-0.39, 0.29) is 10.5 Å². The van der Waals surface area contributed by atoms with E-state index in [1.807, 2.05) is 18.2 Å². The van der Waals surface area contributed by atoms with Crippen molar-refractivity contribution in [2.75, 3.05) is 0 Å². The van der Waals surface area contributed by atoms with Crippen LogP contribution in [-0.2, 0) is 6.42 Å². The van der Waals surface area contributed by atoms with E-state index in [0.717, 1.165) is 23.0 Å². The minimum absolute atomic E-state index is 0.126. The van der Waals surface area contributed by atoms with Crippen LogP contribution >= 0.6 is 15.9 Å². The van der Waals surface area contributed by atoms with Crippen LogP contribution in [0.2, 0.25) is 0 Å². The standard InChI is InChI=1S/C16H15BrN2O/c1-2-10-5-3-4-6-12(10)15(17)11-7-8-13-14(9-11)19-16(20)18-13/h3-9,15H,2H2,1H3,(H2,18,19,20). The molecule has 1 heterocycles. The minimum Gasteiger partial charge on any atom is -0.306 e. The van der Waals surface area contributed by atoms with Gasteiger partial charge in [-0.15, -0.1) is 0 Å². The Labute approximate surface area is 125 Å². The van der Waals surface area contributed by atoms with Gasteiger partial charge in [0.05, 0.1) is 15.9 Å². The van der Waals surface area contributed by atoms with Crippen molar-refractivity contribution in [2.45, 2.75) is 18.2 Å². The molecule has 0 amide bonds. The van der Waals surface area contributed by atoms with Gasteiger partial charge < -0.3 is 9.97 Å². The number of rotatable bonds is 3. The summed E-state index contributed by atoms with van der Waals surface area (Å²) in [5.41, 5.74) is 5.24. The summed E-state index contributed by atoms with van der Waals surface area (Å²) >= 11 is 3.78. The van der Waals surface area contributed by atoms with Gasteiger partial charge in [-0.1, -0.05) is 53.2 Å². The van der Waals surface area contributed by atoms with Gasteiger partial charge in [0.15, 0.2) is 0 Å². The highest BCUT2D eigenvalue weighted by Gasteiger charge is 2.14. The first-order valence-corrected chi connectivity index (χ1v) is 7.54. The quantitative estimate of drug-likeness (QED) is 0.703. The molecular formula is C16H15BrN2O. The number of aromatic amines is 2. The Kier molecular flexibility index (Phi) is 3.49. The molecule has 0 aliphatic carbocycles. The monoisotopic (exact) mass is 330 g/mol. The highest BCUT2D eigenvalue weighted by molar-refractivity contribution is 9.09. The number of fused-ring (bicyclic) bond motifs is 1. The third-order valence-electron chi connectivity index (χ3n) is 3.54. The number of aromatic nitrogens is 2. The van der Waals surface area contributed by atoms with Gasteiger partial charge >= 0.3 is 5.69 Å². The van der Waals surface area contributed by atoms with Crippen molar-refractivity contribution in [3.63, 3.8) is 0 Å². The van der Waals surface area contributed by atoms with Crippen LogP contribution in [0.15, 0.2) is 47.3 Å². The molecular weight excluding hydrogens is 316 g/mol. The van der Waals surface area contributed by atoms with Crippen molar-refractivity contribution in [1.82, 2.24) is 9.97 Å². The summed E-state index contributed by atoms with van der Waals surface area (Å²) in [6.45, 7) is 2.16. The van der Waals surface area contributed by atoms with E-state index in [4.69, 9.17) is 0 Å². The zero-order valence-corrected chi connectivity index (χ0v) is 12.7. The average molecular weight is 331 g/mol. The van der Waals surface area contributed by atoms with E-state index in [1.165, 1.54) is 11.1 Å². The number of halogens is 1. The Morgan fingerprint density at radius 1 is 1.10 bits per heavy atom. The lowest BCUT2D eigenvalue weighted by molar-refractivity contribution is 1.06. The minimum atomic E-state index is -0.169. The number of alkyl halides is 1. The number of hydrogen-bond donors (Lipinski definition) is 2. The number of benzene rings is 2. The van der Waals surface area contributed by atoms with Crippen molar-refractivity contribution in [2.24, 2.45) is 0 Å². The highest BCUT2D eigenvalue weighted by Crippen LogP contribution is 2.33. The van der Waals surface area contributed by atoms with Gasteiger partial charge in [-0.25, -0.2) is 4.79 Å². The van der Waals surface area contributed by atoms with Gasteiger partial charge in [0.2, 0.25) is 0 Å². The average Bonchev–Trinajstić information content (AvgIpc) is 2.85. The maximum Gasteiger partial charge on any atom is 0.323 e. The largest absolute Gasteiger partial charge is 0.323 e. The first-order valence-electron chi connectivity index (χ1n) is 6.63. The molecule has 1 atom stereocenters. The molecule has 20 heavy (non-hydrogen) atoms. The summed E-state index contributed by atoms with van der Waals surface area (Å²) in [6.07, 6.45) is 1.00. The molecule has 0 aliphatic rings. The molecule has 3 nitrogen and oxygen atoms in total. The van der Waals surface area contributed by atoms with Crippen LogP contribution in [0.25, 0.3) is 11.0 Å². The van der Waals surface area contributed by atoms with Crippen molar-refractivity contribution < 1.29 is 0 Å². The van der Waals surface area contributed by atoms with E-state index in [0.29, 0.717) is 0 Å². The van der Waals surface area contributed by atoms with E-state index in [9.17, 15) is 4.79 Å². The maximum absolute atomic E-state index is 11.3. The van der Waals surface area contributed by atoms with Crippen LogP contribution in [0, 0.1) is 0 Å². The molecule has 4 heteroatoms. The van der Waals surface area contributed by atoms with Crippen LogP contribution in [0.5, 0.6) is 0 Å². The summed E-state index contributed by atoms with van der Waals surface area (Å²) in [7, 11) is 0. The predicted molar refractivity (Wildman–Crippen MR) is 85.5 cm³/mol. The van der Waals surface area contributed by atoms with Crippen LogP contribution in [0.3, 0.4) is 0 Å². The number of imidazole rings is 1. The van der Waals surface area contributed by atoms with Gasteiger partial charge in [0, 0.05) is 0 Å². The van der Waals surface area contributed by atoms with E-state index < -0.39 is 0 Å². The van der Waals surface area contributed by atoms with Crippen LogP contribution in [0.4, 0.5) is 0 Å². The number of nitrogens with one attached hydrogen (secondary N) is 2. The Balaban J connectivity index is 2.07. The van der Waals surface area contributed by atoms with Crippen molar-refractivity contribution in [3.8, 4) is 0 Å². The van der Waals surface area contributed by atoms with E-state index in [2.05, 4.69) is 57.1 Å². The SMILES string of the molecule is CCc1ccccc1C(Br)c1ccc2[nH]c(=O)[nH]c2c1. The molecule has 2 N–H and O–H groups in total. The van der Waals surface area contributed by atoms with Gasteiger partial charge in [0.1, 0.15) is 0 Å². The zero-order valence-electron chi connectivity index (χ0n) is 11.1. The molecule has 0 spiro atoms. The lowest BCUT2D eigenvalue weighted by atomic mass is 9.98. The second kappa shape index (κ2) is 5.29. The van der Waals surface area contributed by atoms with Gasteiger partial charge in [-0.2, -0.15) is 0 Å². The van der Waals surface area contributed by atoms with Crippen molar-refractivity contribution in [3.05, 3.63) is 69.6 Å². The third-order valence-corrected chi connectivity index (χ3v) is 4.56. The smallest absolute Gasteiger partial charge is 0.306 e. The van der Waals surface area contributed by atoms with Crippen LogP contribution in [0.1, 0.15) is 28.4 Å². The summed E-state index contributed by atoms with van der Waals surface area (Å²) in [5.74, 6) is 0. The Hall–Kier alpha value is -1.81. The van der Waals surface area contributed by atoms with E-state index in [1.54, 1.807) is 0 Å². The van der Waals surface area contributed by atoms with Gasteiger partial charge in [-0.3, -0.25) is 0 Å². The second-order valence-corrected chi connectivity index (χ2v) is 5.71. The number of aryl methyl sites for hydroxylation is 1. The molecule has 0 saturated carbocycles. The lowest BCUT2D eigenvalue weighted by Crippen LogP contribution is -1.99. The Morgan fingerprint density at radius 3 is 2.65 bits per heavy atom. The summed E-state index contributed by atoms with van der Waals surface area (Å²) in [6, 6.07) is 14.4. The molecule has 0 saturated heterocycles. The first-order chi connectivity index (χ1) is 9.69. The summed E-state index contributed by atoms with van der Waals surface area (Å²) in [5, 5.41) is 0. The molecule has 3 rings (SSSR count). The molecule has 102 valence electrons. The maximum atomic E-state index is 11.3. The van der Waals surface area contributed by atoms with Gasteiger partial charge in [0.25, 0.3) is 0 Å². The molecule has 0 bridgehead atoms. The highest BCUT2D eigenvalue weighted by atomic mass is 79.9.